The second kappa shape index (κ2) is 7.48. The molecule has 0 atom stereocenters. The van der Waals surface area contributed by atoms with Gasteiger partial charge in [0, 0.05) is 16.6 Å². The van der Waals surface area contributed by atoms with Crippen molar-refractivity contribution in [3.05, 3.63) is 79.2 Å². The number of nitro benzene ring substituents is 1. The van der Waals surface area contributed by atoms with E-state index in [1.54, 1.807) is 24.3 Å². The first-order valence-corrected chi connectivity index (χ1v) is 8.43. The van der Waals surface area contributed by atoms with Crippen molar-refractivity contribution < 1.29 is 19.9 Å². The van der Waals surface area contributed by atoms with Gasteiger partial charge in [-0.15, -0.1) is 0 Å². The topological polar surface area (TPSA) is 148 Å². The molecule has 3 N–H and O–H groups in total. The highest BCUT2D eigenvalue weighted by molar-refractivity contribution is 9.10. The van der Waals surface area contributed by atoms with Gasteiger partial charge in [-0.3, -0.25) is 19.7 Å². The van der Waals surface area contributed by atoms with E-state index >= 15 is 0 Å². The molecule has 11 heteroatoms. The van der Waals surface area contributed by atoms with Crippen LogP contribution >= 0.6 is 15.9 Å². The molecule has 0 bridgehead atoms. The molecule has 2 aromatic carbocycles. The van der Waals surface area contributed by atoms with Gasteiger partial charge in [-0.25, -0.2) is 0 Å². The van der Waals surface area contributed by atoms with Crippen molar-refractivity contribution in [2.24, 2.45) is 0 Å². The average Bonchev–Trinajstić information content (AvgIpc) is 2.64. The van der Waals surface area contributed by atoms with Gasteiger partial charge >= 0.3 is 0 Å². The lowest BCUT2D eigenvalue weighted by atomic mass is 10.2. The van der Waals surface area contributed by atoms with Crippen LogP contribution in [-0.2, 0) is 0 Å². The lowest BCUT2D eigenvalue weighted by molar-refractivity contribution is -0.384. The largest absolute Gasteiger partial charge is 0.506 e. The van der Waals surface area contributed by atoms with Gasteiger partial charge in [0.05, 0.1) is 22.4 Å². The maximum atomic E-state index is 12.5. The Morgan fingerprint density at radius 3 is 2.39 bits per heavy atom. The first-order chi connectivity index (χ1) is 13.3. The van der Waals surface area contributed by atoms with E-state index in [1.807, 2.05) is 0 Å². The molecule has 0 radical (unpaired) electrons. The molecule has 1 heterocycles. The molecule has 0 saturated heterocycles. The predicted molar refractivity (Wildman–Crippen MR) is 102 cm³/mol. The van der Waals surface area contributed by atoms with Crippen molar-refractivity contribution in [2.45, 2.75) is 0 Å². The number of carbonyl (C=O) groups is 1. The number of benzene rings is 2. The summed E-state index contributed by atoms with van der Waals surface area (Å²) in [7, 11) is 0. The van der Waals surface area contributed by atoms with E-state index in [-0.39, 0.29) is 11.4 Å². The van der Waals surface area contributed by atoms with Crippen molar-refractivity contribution in [3.8, 4) is 17.2 Å². The third kappa shape index (κ3) is 3.83. The summed E-state index contributed by atoms with van der Waals surface area (Å²) < 4.78 is 1.70. The van der Waals surface area contributed by atoms with Gasteiger partial charge in [-0.2, -0.15) is 9.78 Å². The van der Waals surface area contributed by atoms with Crippen LogP contribution in [0.5, 0.6) is 11.5 Å². The number of nitro groups is 1. The molecule has 142 valence electrons. The summed E-state index contributed by atoms with van der Waals surface area (Å²) >= 11 is 3.27. The summed E-state index contributed by atoms with van der Waals surface area (Å²) in [6, 6.07) is 10.4. The van der Waals surface area contributed by atoms with Crippen molar-refractivity contribution >= 4 is 33.2 Å². The van der Waals surface area contributed by atoms with Crippen molar-refractivity contribution in [1.82, 2.24) is 9.78 Å². The zero-order valence-electron chi connectivity index (χ0n) is 13.9. The molecule has 0 fully saturated rings. The van der Waals surface area contributed by atoms with Gasteiger partial charge in [0.2, 0.25) is 0 Å². The van der Waals surface area contributed by atoms with Crippen LogP contribution in [0.15, 0.2) is 57.8 Å². The first-order valence-electron chi connectivity index (χ1n) is 7.64. The molecule has 1 amide bonds. The smallest absolute Gasteiger partial charge is 0.280 e. The van der Waals surface area contributed by atoms with Crippen LogP contribution in [-0.4, -0.2) is 30.8 Å². The first kappa shape index (κ1) is 19.0. The number of phenols is 1. The lowest BCUT2D eigenvalue weighted by Gasteiger charge is -2.10. The molecule has 0 aliphatic rings. The van der Waals surface area contributed by atoms with E-state index in [1.165, 1.54) is 0 Å². The zero-order chi connectivity index (χ0) is 20.4. The number of aromatic nitrogens is 2. The number of amides is 1. The molecule has 0 saturated carbocycles. The van der Waals surface area contributed by atoms with Crippen LogP contribution < -0.4 is 10.9 Å². The second-order valence-corrected chi connectivity index (χ2v) is 6.43. The number of non-ortho nitro benzene ring substituents is 1. The summed E-state index contributed by atoms with van der Waals surface area (Å²) in [5.41, 5.74) is -1.26. The molecule has 0 unspecified atom stereocenters. The molecule has 0 aliphatic heterocycles. The van der Waals surface area contributed by atoms with E-state index in [2.05, 4.69) is 26.3 Å². The number of hydrogen-bond donors (Lipinski definition) is 3. The van der Waals surface area contributed by atoms with Crippen LogP contribution in [0.1, 0.15) is 10.5 Å². The van der Waals surface area contributed by atoms with Crippen LogP contribution in [0.3, 0.4) is 0 Å². The fraction of sp³-hybridized carbons (Fsp3) is 0. The minimum absolute atomic E-state index is 0.127. The number of carbonyl (C=O) groups excluding carboxylic acids is 1. The van der Waals surface area contributed by atoms with Crippen molar-refractivity contribution in [3.63, 3.8) is 0 Å². The number of phenolic OH excluding ortho intramolecular Hbond substituents is 1. The number of nitrogens with one attached hydrogen (secondary N) is 1. The summed E-state index contributed by atoms with van der Waals surface area (Å²) in [4.78, 5) is 34.6. The standard InChI is InChI=1S/C17H11BrN4O6/c18-9-1-3-10(4-2-9)21-15(25)8-14(24)16(20-21)17(26)19-12-6-5-11(22(27)28)7-13(12)23/h1-8,23-24H,(H,19,26). The number of rotatable bonds is 4. The van der Waals surface area contributed by atoms with Crippen LogP contribution in [0.4, 0.5) is 11.4 Å². The quantitative estimate of drug-likeness (QED) is 0.316. The lowest BCUT2D eigenvalue weighted by Crippen LogP contribution is -2.25. The highest BCUT2D eigenvalue weighted by Gasteiger charge is 2.19. The summed E-state index contributed by atoms with van der Waals surface area (Å²) in [5, 5.41) is 36.7. The monoisotopic (exact) mass is 446 g/mol. The third-order valence-electron chi connectivity index (χ3n) is 3.64. The number of nitrogens with zero attached hydrogens (tertiary/aromatic N) is 3. The molecule has 0 spiro atoms. The maximum Gasteiger partial charge on any atom is 0.280 e. The average molecular weight is 447 g/mol. The highest BCUT2D eigenvalue weighted by atomic mass is 79.9. The Morgan fingerprint density at radius 1 is 1.11 bits per heavy atom. The van der Waals surface area contributed by atoms with Gasteiger partial charge in [0.1, 0.15) is 5.75 Å². The van der Waals surface area contributed by atoms with Crippen LogP contribution in [0, 0.1) is 10.1 Å². The van der Waals surface area contributed by atoms with E-state index in [0.717, 1.165) is 33.4 Å². The van der Waals surface area contributed by atoms with Crippen LogP contribution in [0.2, 0.25) is 0 Å². The van der Waals surface area contributed by atoms with E-state index in [9.17, 15) is 29.9 Å². The Bertz CT molecular complexity index is 1140. The Balaban J connectivity index is 1.96. The molecule has 1 aromatic heterocycles. The molecule has 3 rings (SSSR count). The number of halogens is 1. The minimum Gasteiger partial charge on any atom is -0.506 e. The van der Waals surface area contributed by atoms with Gasteiger partial charge in [-0.05, 0) is 30.3 Å². The number of hydrogen-bond acceptors (Lipinski definition) is 7. The minimum atomic E-state index is -0.924. The summed E-state index contributed by atoms with van der Waals surface area (Å²) in [6.45, 7) is 0. The molecule has 28 heavy (non-hydrogen) atoms. The normalized spacial score (nSPS) is 10.5. The summed E-state index contributed by atoms with van der Waals surface area (Å²) in [6.07, 6.45) is 0. The fourth-order valence-electron chi connectivity index (χ4n) is 2.30. The van der Waals surface area contributed by atoms with Crippen molar-refractivity contribution in [2.75, 3.05) is 5.32 Å². The molecule has 3 aromatic rings. The Morgan fingerprint density at radius 2 is 1.79 bits per heavy atom. The predicted octanol–water partition coefficient (Wildman–Crippen LogP) is 2.57. The Hall–Kier alpha value is -3.73. The Kier molecular flexibility index (Phi) is 5.09. The molecule has 0 aliphatic carbocycles. The van der Waals surface area contributed by atoms with E-state index < -0.39 is 33.6 Å². The van der Waals surface area contributed by atoms with Gasteiger partial charge < -0.3 is 15.5 Å². The third-order valence-corrected chi connectivity index (χ3v) is 4.17. The molecule has 10 nitrogen and oxygen atoms in total. The van der Waals surface area contributed by atoms with Gasteiger partial charge in [0.25, 0.3) is 17.2 Å². The number of anilines is 1. The fourth-order valence-corrected chi connectivity index (χ4v) is 2.56. The van der Waals surface area contributed by atoms with Gasteiger partial charge in [0.15, 0.2) is 11.4 Å². The maximum absolute atomic E-state index is 12.5. The van der Waals surface area contributed by atoms with Crippen LogP contribution in [0.25, 0.3) is 5.69 Å². The van der Waals surface area contributed by atoms with E-state index in [4.69, 9.17) is 0 Å². The zero-order valence-corrected chi connectivity index (χ0v) is 15.5. The Labute approximate surface area is 165 Å². The summed E-state index contributed by atoms with van der Waals surface area (Å²) in [5.74, 6) is -2.12. The van der Waals surface area contributed by atoms with E-state index in [0.29, 0.717) is 5.69 Å². The SMILES string of the molecule is O=C(Nc1ccc([N+](=O)[O-])cc1O)c1nn(-c2ccc(Br)cc2)c(=O)cc1O. The second-order valence-electron chi connectivity index (χ2n) is 5.52. The van der Waals surface area contributed by atoms with Gasteiger partial charge in [-0.1, -0.05) is 15.9 Å². The molecular weight excluding hydrogens is 436 g/mol. The van der Waals surface area contributed by atoms with Crippen molar-refractivity contribution in [1.29, 1.82) is 0 Å². The number of aromatic hydroxyl groups is 2. The highest BCUT2D eigenvalue weighted by Crippen LogP contribution is 2.28. The molecular formula is C17H11BrN4O6.